The number of hydrogen-bond acceptors (Lipinski definition) is 0. The number of rotatable bonds is 0. The van der Waals surface area contributed by atoms with Gasteiger partial charge in [-0.25, -0.2) is 0 Å². The molecule has 0 aliphatic rings. The van der Waals surface area contributed by atoms with Crippen molar-refractivity contribution in [1.82, 2.24) is 0 Å². The van der Waals surface area contributed by atoms with Crippen molar-refractivity contribution in [3.05, 3.63) is 0 Å². The van der Waals surface area contributed by atoms with Gasteiger partial charge in [0.25, 0.3) is 0 Å². The third-order valence-corrected chi connectivity index (χ3v) is 0. The molecule has 0 aromatic heterocycles. The second kappa shape index (κ2) is 163. The van der Waals surface area contributed by atoms with Gasteiger partial charge in [-0.1, -0.05) is 0 Å². The van der Waals surface area contributed by atoms with Crippen LogP contribution in [0.5, 0.6) is 0 Å². The summed E-state index contributed by atoms with van der Waals surface area (Å²) in [5.74, 6) is 0. The molecule has 0 aromatic rings. The summed E-state index contributed by atoms with van der Waals surface area (Å²) in [6.45, 7) is 0. The SMILES string of the molecule is O.O.O.[Mg+2].[O-2]. The van der Waals surface area contributed by atoms with Crippen molar-refractivity contribution in [2.45, 2.75) is 0 Å². The van der Waals surface area contributed by atoms with E-state index in [9.17, 15) is 0 Å². The molecule has 5 heavy (non-hydrogen) atoms. The summed E-state index contributed by atoms with van der Waals surface area (Å²) in [5, 5.41) is 0. The molecule has 0 rings (SSSR count). The molecule has 0 bridgehead atoms. The van der Waals surface area contributed by atoms with Crippen molar-refractivity contribution in [3.8, 4) is 0 Å². The van der Waals surface area contributed by atoms with Gasteiger partial charge in [0.1, 0.15) is 0 Å². The molecule has 0 fully saturated rings. The minimum atomic E-state index is 0. The van der Waals surface area contributed by atoms with Gasteiger partial charge in [0.15, 0.2) is 0 Å². The van der Waals surface area contributed by atoms with Crippen LogP contribution in [-0.4, -0.2) is 39.5 Å². The minimum absolute atomic E-state index is 0. The third-order valence-electron chi connectivity index (χ3n) is 0. The first-order valence-electron chi connectivity index (χ1n) is 0. The van der Waals surface area contributed by atoms with Crippen LogP contribution in [-0.2, 0) is 5.48 Å². The third kappa shape index (κ3) is 85.1. The van der Waals surface area contributed by atoms with Crippen LogP contribution in [0.3, 0.4) is 0 Å². The predicted molar refractivity (Wildman–Crippen MR) is 17.3 cm³/mol. The summed E-state index contributed by atoms with van der Waals surface area (Å²) >= 11 is 0. The van der Waals surface area contributed by atoms with E-state index in [4.69, 9.17) is 0 Å². The summed E-state index contributed by atoms with van der Waals surface area (Å²) in [4.78, 5) is 0. The maximum atomic E-state index is 0. The molecule has 0 unspecified atom stereocenters. The van der Waals surface area contributed by atoms with Gasteiger partial charge < -0.3 is 21.9 Å². The molecule has 5 heteroatoms. The molecule has 0 heterocycles. The maximum absolute atomic E-state index is 0. The van der Waals surface area contributed by atoms with Crippen LogP contribution in [0.4, 0.5) is 0 Å². The molecule has 0 spiro atoms. The number of hydrogen-bond donors (Lipinski definition) is 0. The molecular weight excluding hydrogens is 88.3 g/mol. The quantitative estimate of drug-likeness (QED) is 0.284. The van der Waals surface area contributed by atoms with E-state index in [0.717, 1.165) is 0 Å². The van der Waals surface area contributed by atoms with Gasteiger partial charge in [0.05, 0.1) is 0 Å². The Hall–Kier alpha value is 0.606. The van der Waals surface area contributed by atoms with E-state index in [1.54, 1.807) is 0 Å². The van der Waals surface area contributed by atoms with Crippen molar-refractivity contribution in [1.29, 1.82) is 0 Å². The Kier molecular flexibility index (Phi) is 10600. The van der Waals surface area contributed by atoms with Crippen molar-refractivity contribution in [2.75, 3.05) is 0 Å². The van der Waals surface area contributed by atoms with Gasteiger partial charge in [-0.05, 0) is 0 Å². The van der Waals surface area contributed by atoms with Gasteiger partial charge in [-0.15, -0.1) is 0 Å². The average Bonchev–Trinajstić information content (AvgIpc) is 0. The van der Waals surface area contributed by atoms with Crippen LogP contribution in [0.25, 0.3) is 0 Å². The fourth-order valence-corrected chi connectivity index (χ4v) is 0. The monoisotopic (exact) mass is 94.0 g/mol. The van der Waals surface area contributed by atoms with Crippen LogP contribution in [0.2, 0.25) is 0 Å². The van der Waals surface area contributed by atoms with Crippen molar-refractivity contribution in [3.63, 3.8) is 0 Å². The second-order valence-corrected chi connectivity index (χ2v) is 0. The molecule has 0 saturated heterocycles. The molecule has 0 amide bonds. The Bertz CT molecular complexity index is 3.61. The van der Waals surface area contributed by atoms with E-state index in [1.165, 1.54) is 0 Å². The second-order valence-electron chi connectivity index (χ2n) is 0. The zero-order valence-corrected chi connectivity index (χ0v) is 4.03. The smallest absolute Gasteiger partial charge is 2.00 e. The summed E-state index contributed by atoms with van der Waals surface area (Å²) in [7, 11) is 0. The largest absolute Gasteiger partial charge is 2.00 e. The van der Waals surface area contributed by atoms with E-state index >= 15 is 0 Å². The Balaban J connectivity index is 0. The molecule has 32 valence electrons. The Morgan fingerprint density at radius 1 is 0.600 bits per heavy atom. The van der Waals surface area contributed by atoms with Gasteiger partial charge in [-0.3, -0.25) is 0 Å². The fraction of sp³-hybridized carbons (Fsp3) is 0. The van der Waals surface area contributed by atoms with Crippen LogP contribution in [0.15, 0.2) is 0 Å². The molecule has 0 aliphatic heterocycles. The topological polar surface area (TPSA) is 123 Å². The van der Waals surface area contributed by atoms with Crippen LogP contribution in [0, 0.1) is 0 Å². The van der Waals surface area contributed by atoms with Crippen molar-refractivity contribution in [2.24, 2.45) is 0 Å². The summed E-state index contributed by atoms with van der Waals surface area (Å²) in [6.07, 6.45) is 0. The maximum Gasteiger partial charge on any atom is 2.00 e. The van der Waals surface area contributed by atoms with Gasteiger partial charge in [-0.2, -0.15) is 0 Å². The molecule has 0 aromatic carbocycles. The first-order valence-corrected chi connectivity index (χ1v) is 0. The predicted octanol–water partition coefficient (Wildman–Crippen LogP) is -2.97. The van der Waals surface area contributed by atoms with E-state index in [2.05, 4.69) is 0 Å². The molecule has 6 N–H and O–H groups in total. The first kappa shape index (κ1) is 324. The molecule has 0 saturated carbocycles. The van der Waals surface area contributed by atoms with Crippen LogP contribution in [0.1, 0.15) is 0 Å². The molecule has 0 radical (unpaired) electrons. The van der Waals surface area contributed by atoms with Gasteiger partial charge in [0.2, 0.25) is 0 Å². The van der Waals surface area contributed by atoms with E-state index in [-0.39, 0.29) is 45.0 Å². The Morgan fingerprint density at radius 2 is 0.600 bits per heavy atom. The summed E-state index contributed by atoms with van der Waals surface area (Å²) < 4.78 is 0. The summed E-state index contributed by atoms with van der Waals surface area (Å²) in [6, 6.07) is 0. The van der Waals surface area contributed by atoms with E-state index in [1.807, 2.05) is 0 Å². The molecular formula is H6MgO4. The molecule has 0 aliphatic carbocycles. The van der Waals surface area contributed by atoms with Crippen LogP contribution >= 0.6 is 0 Å². The standard InChI is InChI=1S/Mg.3H2O.O/h;3*1H2;/q+2;;;;-2. The van der Waals surface area contributed by atoms with Crippen LogP contribution < -0.4 is 0 Å². The van der Waals surface area contributed by atoms with Gasteiger partial charge in [0, 0.05) is 0 Å². The van der Waals surface area contributed by atoms with E-state index in [0.29, 0.717) is 0 Å². The van der Waals surface area contributed by atoms with Crippen molar-refractivity contribution < 1.29 is 21.9 Å². The minimum Gasteiger partial charge on any atom is -2.00 e. The van der Waals surface area contributed by atoms with Gasteiger partial charge >= 0.3 is 23.1 Å². The Morgan fingerprint density at radius 3 is 0.600 bits per heavy atom. The zero-order valence-electron chi connectivity index (χ0n) is 2.62. The first-order chi connectivity index (χ1) is 0. The molecule has 4 nitrogen and oxygen atoms in total. The zero-order chi connectivity index (χ0) is 0. The van der Waals surface area contributed by atoms with Crippen molar-refractivity contribution >= 4 is 23.1 Å². The van der Waals surface area contributed by atoms with E-state index < -0.39 is 0 Å². The molecule has 0 atom stereocenters. The summed E-state index contributed by atoms with van der Waals surface area (Å²) in [5.41, 5.74) is 0. The average molecular weight is 94.3 g/mol. The normalized spacial score (nSPS) is 0. The Labute approximate surface area is 45.6 Å². The fourth-order valence-electron chi connectivity index (χ4n) is 0.